The maximum Gasteiger partial charge on any atom is 0.329 e. The van der Waals surface area contributed by atoms with Crippen molar-refractivity contribution in [1.29, 1.82) is 0 Å². The SMILES string of the molecule is CCN(C(=O)Cc1ccccn1)C(C)(C)C(=O)O. The van der Waals surface area contributed by atoms with Crippen molar-refractivity contribution < 1.29 is 14.7 Å². The van der Waals surface area contributed by atoms with Gasteiger partial charge in [-0.3, -0.25) is 9.78 Å². The molecule has 1 heterocycles. The topological polar surface area (TPSA) is 70.5 Å². The van der Waals surface area contributed by atoms with Crippen LogP contribution in [0.15, 0.2) is 24.4 Å². The van der Waals surface area contributed by atoms with Gasteiger partial charge in [0.2, 0.25) is 5.91 Å². The zero-order valence-electron chi connectivity index (χ0n) is 10.9. The summed E-state index contributed by atoms with van der Waals surface area (Å²) in [6.07, 6.45) is 1.73. The maximum atomic E-state index is 12.1. The summed E-state index contributed by atoms with van der Waals surface area (Å²) in [5, 5.41) is 9.15. The van der Waals surface area contributed by atoms with Crippen LogP contribution in [0.3, 0.4) is 0 Å². The molecule has 5 nitrogen and oxygen atoms in total. The van der Waals surface area contributed by atoms with Crippen LogP contribution in [0.25, 0.3) is 0 Å². The molecule has 1 aromatic heterocycles. The largest absolute Gasteiger partial charge is 0.480 e. The number of aromatic nitrogens is 1. The van der Waals surface area contributed by atoms with E-state index in [9.17, 15) is 9.59 Å². The average molecular weight is 250 g/mol. The molecule has 0 spiro atoms. The lowest BCUT2D eigenvalue weighted by Gasteiger charge is -2.34. The minimum atomic E-state index is -1.21. The van der Waals surface area contributed by atoms with Gasteiger partial charge in [-0.15, -0.1) is 0 Å². The minimum Gasteiger partial charge on any atom is -0.480 e. The molecule has 0 atom stereocenters. The highest BCUT2D eigenvalue weighted by Gasteiger charge is 2.36. The standard InChI is InChI=1S/C13H18N2O3/c1-4-15(13(2,3)12(17)18)11(16)9-10-7-5-6-8-14-10/h5-8H,4,9H2,1-3H3,(H,17,18). The number of carbonyl (C=O) groups excluding carboxylic acids is 1. The summed E-state index contributed by atoms with van der Waals surface area (Å²) in [5.41, 5.74) is -0.567. The molecule has 0 aromatic carbocycles. The fraction of sp³-hybridized carbons (Fsp3) is 0.462. The van der Waals surface area contributed by atoms with Crippen LogP contribution < -0.4 is 0 Å². The van der Waals surface area contributed by atoms with Gasteiger partial charge >= 0.3 is 5.97 Å². The fourth-order valence-electron chi connectivity index (χ4n) is 1.75. The molecule has 98 valence electrons. The number of carboxylic acid groups (broad SMARTS) is 1. The Bertz CT molecular complexity index is 429. The molecular formula is C13H18N2O3. The van der Waals surface area contributed by atoms with E-state index in [1.165, 1.54) is 18.7 Å². The lowest BCUT2D eigenvalue weighted by atomic mass is 10.0. The predicted molar refractivity (Wildman–Crippen MR) is 67.0 cm³/mol. The summed E-state index contributed by atoms with van der Waals surface area (Å²) >= 11 is 0. The van der Waals surface area contributed by atoms with Crippen LogP contribution in [0.1, 0.15) is 26.5 Å². The molecule has 1 aromatic rings. The van der Waals surface area contributed by atoms with E-state index in [1.807, 2.05) is 0 Å². The van der Waals surface area contributed by atoms with E-state index in [4.69, 9.17) is 5.11 Å². The molecule has 1 amide bonds. The van der Waals surface area contributed by atoms with E-state index >= 15 is 0 Å². The van der Waals surface area contributed by atoms with Gasteiger partial charge < -0.3 is 10.0 Å². The third-order valence-electron chi connectivity index (χ3n) is 2.87. The van der Waals surface area contributed by atoms with Gasteiger partial charge in [0.05, 0.1) is 6.42 Å². The zero-order chi connectivity index (χ0) is 13.8. The van der Waals surface area contributed by atoms with E-state index in [-0.39, 0.29) is 12.3 Å². The van der Waals surface area contributed by atoms with Crippen molar-refractivity contribution in [2.75, 3.05) is 6.54 Å². The summed E-state index contributed by atoms with van der Waals surface area (Å²) in [6, 6.07) is 5.32. The summed E-state index contributed by atoms with van der Waals surface area (Å²) < 4.78 is 0. The van der Waals surface area contributed by atoms with Crippen LogP contribution in [0, 0.1) is 0 Å². The van der Waals surface area contributed by atoms with Crippen LogP contribution in [-0.4, -0.2) is 39.0 Å². The third-order valence-corrected chi connectivity index (χ3v) is 2.87. The van der Waals surface area contributed by atoms with E-state index in [0.717, 1.165) is 0 Å². The normalized spacial score (nSPS) is 11.1. The van der Waals surface area contributed by atoms with Crippen molar-refractivity contribution in [3.8, 4) is 0 Å². The highest BCUT2D eigenvalue weighted by molar-refractivity contribution is 5.87. The van der Waals surface area contributed by atoms with Gasteiger partial charge in [0, 0.05) is 18.4 Å². The smallest absolute Gasteiger partial charge is 0.329 e. The first-order valence-corrected chi connectivity index (χ1v) is 5.83. The summed E-state index contributed by atoms with van der Waals surface area (Å²) in [4.78, 5) is 28.7. The Hall–Kier alpha value is -1.91. The van der Waals surface area contributed by atoms with Gasteiger partial charge in [-0.1, -0.05) is 6.07 Å². The third kappa shape index (κ3) is 3.06. The van der Waals surface area contributed by atoms with Crippen molar-refractivity contribution >= 4 is 11.9 Å². The lowest BCUT2D eigenvalue weighted by molar-refractivity contribution is -0.156. The molecule has 0 aliphatic heterocycles. The van der Waals surface area contributed by atoms with Crippen LogP contribution in [-0.2, 0) is 16.0 Å². The second-order valence-corrected chi connectivity index (χ2v) is 4.50. The van der Waals surface area contributed by atoms with Gasteiger partial charge in [0.15, 0.2) is 0 Å². The molecule has 1 rings (SSSR count). The Kier molecular flexibility index (Phi) is 4.42. The van der Waals surface area contributed by atoms with Crippen molar-refractivity contribution in [3.05, 3.63) is 30.1 Å². The number of amides is 1. The Balaban J connectivity index is 2.84. The predicted octanol–water partition coefficient (Wildman–Crippen LogP) is 1.34. The molecule has 0 aliphatic carbocycles. The summed E-state index contributed by atoms with van der Waals surface area (Å²) in [7, 11) is 0. The summed E-state index contributed by atoms with van der Waals surface area (Å²) in [5.74, 6) is -1.25. The summed E-state index contributed by atoms with van der Waals surface area (Å²) in [6.45, 7) is 5.16. The van der Waals surface area contributed by atoms with Crippen molar-refractivity contribution in [1.82, 2.24) is 9.88 Å². The maximum absolute atomic E-state index is 12.1. The number of pyridine rings is 1. The number of likely N-dealkylation sites (N-methyl/N-ethyl adjacent to an activating group) is 1. The molecule has 0 aliphatic rings. The van der Waals surface area contributed by atoms with Gasteiger partial charge in [-0.25, -0.2) is 4.79 Å². The van der Waals surface area contributed by atoms with Crippen LogP contribution >= 0.6 is 0 Å². The fourth-order valence-corrected chi connectivity index (χ4v) is 1.75. The Labute approximate surface area is 106 Å². The van der Waals surface area contributed by atoms with E-state index in [0.29, 0.717) is 12.2 Å². The van der Waals surface area contributed by atoms with Gasteiger partial charge in [0.25, 0.3) is 0 Å². The average Bonchev–Trinajstić information content (AvgIpc) is 2.30. The van der Waals surface area contributed by atoms with E-state index in [1.54, 1.807) is 31.3 Å². The molecule has 5 heteroatoms. The van der Waals surface area contributed by atoms with Crippen molar-refractivity contribution in [2.24, 2.45) is 0 Å². The number of carbonyl (C=O) groups is 2. The second kappa shape index (κ2) is 5.62. The van der Waals surface area contributed by atoms with Crippen LogP contribution in [0.4, 0.5) is 0 Å². The molecule has 18 heavy (non-hydrogen) atoms. The van der Waals surface area contributed by atoms with Gasteiger partial charge in [-0.2, -0.15) is 0 Å². The number of nitrogens with zero attached hydrogens (tertiary/aromatic N) is 2. The van der Waals surface area contributed by atoms with Crippen LogP contribution in [0.2, 0.25) is 0 Å². The van der Waals surface area contributed by atoms with Crippen molar-refractivity contribution in [3.63, 3.8) is 0 Å². The van der Waals surface area contributed by atoms with E-state index in [2.05, 4.69) is 4.98 Å². The van der Waals surface area contributed by atoms with Crippen LogP contribution in [0.5, 0.6) is 0 Å². The lowest BCUT2D eigenvalue weighted by Crippen LogP contribution is -2.53. The molecule has 0 fully saturated rings. The molecule has 0 unspecified atom stereocenters. The van der Waals surface area contributed by atoms with E-state index < -0.39 is 11.5 Å². The van der Waals surface area contributed by atoms with Crippen molar-refractivity contribution in [2.45, 2.75) is 32.7 Å². The number of hydrogen-bond donors (Lipinski definition) is 1. The Morgan fingerprint density at radius 1 is 1.39 bits per heavy atom. The Morgan fingerprint density at radius 3 is 2.50 bits per heavy atom. The molecule has 1 N–H and O–H groups in total. The molecule has 0 saturated carbocycles. The quantitative estimate of drug-likeness (QED) is 0.856. The highest BCUT2D eigenvalue weighted by atomic mass is 16.4. The first kappa shape index (κ1) is 14.2. The van der Waals surface area contributed by atoms with Gasteiger partial charge in [0.1, 0.15) is 5.54 Å². The Morgan fingerprint density at radius 2 is 2.06 bits per heavy atom. The second-order valence-electron chi connectivity index (χ2n) is 4.50. The molecule has 0 radical (unpaired) electrons. The first-order valence-electron chi connectivity index (χ1n) is 5.83. The number of hydrogen-bond acceptors (Lipinski definition) is 3. The molecular weight excluding hydrogens is 232 g/mol. The minimum absolute atomic E-state index is 0.116. The molecule has 0 saturated heterocycles. The van der Waals surface area contributed by atoms with Gasteiger partial charge in [-0.05, 0) is 32.9 Å². The highest BCUT2D eigenvalue weighted by Crippen LogP contribution is 2.16. The first-order chi connectivity index (χ1) is 8.39. The molecule has 0 bridgehead atoms. The number of rotatable bonds is 5. The monoisotopic (exact) mass is 250 g/mol. The number of carboxylic acids is 1. The zero-order valence-corrected chi connectivity index (χ0v) is 10.9. The number of aliphatic carboxylic acids is 1.